The van der Waals surface area contributed by atoms with Crippen molar-refractivity contribution in [3.8, 4) is 11.4 Å². The number of hydrogen-bond donors (Lipinski definition) is 2. The van der Waals surface area contributed by atoms with Gasteiger partial charge in [-0.05, 0) is 26.0 Å². The first-order chi connectivity index (χ1) is 13.5. The van der Waals surface area contributed by atoms with Crippen molar-refractivity contribution in [2.75, 3.05) is 5.32 Å². The topological polar surface area (TPSA) is 106 Å². The summed E-state index contributed by atoms with van der Waals surface area (Å²) in [5.41, 5.74) is 1.35. The molecule has 1 aromatic heterocycles. The van der Waals surface area contributed by atoms with Crippen LogP contribution in [0.3, 0.4) is 0 Å². The number of aromatic nitrogens is 2. The van der Waals surface area contributed by atoms with Crippen LogP contribution in [0.15, 0.2) is 63.9 Å². The number of amides is 2. The number of carbonyl (C=O) groups excluding carboxylic acids is 2. The lowest BCUT2D eigenvalue weighted by molar-refractivity contribution is -0.116. The molecule has 8 nitrogen and oxygen atoms in total. The second-order valence-corrected chi connectivity index (χ2v) is 6.45. The van der Waals surface area contributed by atoms with Gasteiger partial charge in [-0.1, -0.05) is 47.6 Å². The second kappa shape index (κ2) is 8.34. The molecule has 0 saturated carbocycles. The Kier molecular flexibility index (Phi) is 5.69. The second-order valence-electron chi connectivity index (χ2n) is 6.45. The summed E-state index contributed by atoms with van der Waals surface area (Å²) in [5, 5.41) is 9.22. The van der Waals surface area contributed by atoms with Crippen LogP contribution in [0.5, 0.6) is 0 Å². The van der Waals surface area contributed by atoms with E-state index in [2.05, 4.69) is 15.8 Å². The molecule has 3 rings (SSSR count). The molecule has 0 fully saturated rings. The Morgan fingerprint density at radius 1 is 1.07 bits per heavy atom. The number of para-hydroxylation sites is 1. The third-order valence-corrected chi connectivity index (χ3v) is 3.89. The molecule has 0 aliphatic carbocycles. The smallest absolute Gasteiger partial charge is 0.350 e. The molecule has 2 aromatic carbocycles. The predicted octanol–water partition coefficient (Wildman–Crippen LogP) is 2.28. The molecule has 0 spiro atoms. The van der Waals surface area contributed by atoms with Gasteiger partial charge in [0.2, 0.25) is 5.91 Å². The maximum atomic E-state index is 12.5. The SMILES string of the molecule is CC(C)NC(=O)c1ccccc1NC(=O)Cn1c(-c2ccccc2)noc1=O. The van der Waals surface area contributed by atoms with Crippen molar-refractivity contribution in [1.82, 2.24) is 15.0 Å². The van der Waals surface area contributed by atoms with Gasteiger partial charge in [-0.15, -0.1) is 0 Å². The Hall–Kier alpha value is -3.68. The van der Waals surface area contributed by atoms with Gasteiger partial charge in [-0.3, -0.25) is 14.1 Å². The molecule has 144 valence electrons. The van der Waals surface area contributed by atoms with Gasteiger partial charge in [0.15, 0.2) is 5.82 Å². The van der Waals surface area contributed by atoms with Gasteiger partial charge in [0.1, 0.15) is 6.54 Å². The molecular formula is C20H20N4O4. The molecular weight excluding hydrogens is 360 g/mol. The van der Waals surface area contributed by atoms with E-state index in [1.807, 2.05) is 19.9 Å². The molecule has 0 aliphatic rings. The van der Waals surface area contributed by atoms with Crippen LogP contribution >= 0.6 is 0 Å². The summed E-state index contributed by atoms with van der Waals surface area (Å²) >= 11 is 0. The fraction of sp³-hybridized carbons (Fsp3) is 0.200. The van der Waals surface area contributed by atoms with Crippen molar-refractivity contribution < 1.29 is 14.1 Å². The van der Waals surface area contributed by atoms with E-state index in [-0.39, 0.29) is 24.3 Å². The summed E-state index contributed by atoms with van der Waals surface area (Å²) in [6.45, 7) is 3.40. The van der Waals surface area contributed by atoms with Crippen LogP contribution in [-0.2, 0) is 11.3 Å². The molecule has 0 saturated heterocycles. The molecule has 8 heteroatoms. The van der Waals surface area contributed by atoms with Crippen molar-refractivity contribution in [1.29, 1.82) is 0 Å². The summed E-state index contributed by atoms with van der Waals surface area (Å²) in [6.07, 6.45) is 0. The summed E-state index contributed by atoms with van der Waals surface area (Å²) < 4.78 is 5.86. The standard InChI is InChI=1S/C20H20N4O4/c1-13(2)21-19(26)15-10-6-7-11-16(15)22-17(25)12-24-18(23-28-20(24)27)14-8-4-3-5-9-14/h3-11,13H,12H2,1-2H3,(H,21,26)(H,22,25). The van der Waals surface area contributed by atoms with Gasteiger partial charge in [-0.25, -0.2) is 9.36 Å². The zero-order valence-electron chi connectivity index (χ0n) is 15.5. The van der Waals surface area contributed by atoms with Crippen LogP contribution in [0, 0.1) is 0 Å². The van der Waals surface area contributed by atoms with Gasteiger partial charge in [-0.2, -0.15) is 0 Å². The van der Waals surface area contributed by atoms with Gasteiger partial charge < -0.3 is 10.6 Å². The number of anilines is 1. The highest BCUT2D eigenvalue weighted by atomic mass is 16.5. The summed E-state index contributed by atoms with van der Waals surface area (Å²) in [4.78, 5) is 36.9. The van der Waals surface area contributed by atoms with E-state index in [1.165, 1.54) is 0 Å². The number of nitrogens with one attached hydrogen (secondary N) is 2. The lowest BCUT2D eigenvalue weighted by Crippen LogP contribution is -2.31. The van der Waals surface area contributed by atoms with Crippen molar-refractivity contribution in [3.63, 3.8) is 0 Å². The van der Waals surface area contributed by atoms with E-state index in [0.717, 1.165) is 4.57 Å². The molecule has 0 unspecified atom stereocenters. The third kappa shape index (κ3) is 4.35. The maximum absolute atomic E-state index is 12.5. The average Bonchev–Trinajstić information content (AvgIpc) is 3.02. The molecule has 28 heavy (non-hydrogen) atoms. The van der Waals surface area contributed by atoms with Gasteiger partial charge in [0.25, 0.3) is 5.91 Å². The highest BCUT2D eigenvalue weighted by molar-refractivity contribution is 6.03. The summed E-state index contributed by atoms with van der Waals surface area (Å²) in [6, 6.07) is 15.6. The molecule has 0 atom stereocenters. The van der Waals surface area contributed by atoms with Gasteiger partial charge in [0, 0.05) is 11.6 Å². The summed E-state index contributed by atoms with van der Waals surface area (Å²) in [5.74, 6) is -1.25. The van der Waals surface area contributed by atoms with E-state index >= 15 is 0 Å². The number of rotatable bonds is 6. The van der Waals surface area contributed by atoms with Gasteiger partial charge in [0.05, 0.1) is 11.3 Å². The molecule has 2 N–H and O–H groups in total. The largest absolute Gasteiger partial charge is 0.442 e. The Bertz CT molecular complexity index is 1040. The van der Waals surface area contributed by atoms with Crippen LogP contribution < -0.4 is 16.4 Å². The van der Waals surface area contributed by atoms with E-state index < -0.39 is 11.7 Å². The third-order valence-electron chi connectivity index (χ3n) is 3.89. The van der Waals surface area contributed by atoms with E-state index in [1.54, 1.807) is 48.5 Å². The Morgan fingerprint density at radius 3 is 2.46 bits per heavy atom. The predicted molar refractivity (Wildman–Crippen MR) is 104 cm³/mol. The molecule has 3 aromatic rings. The first-order valence-electron chi connectivity index (χ1n) is 8.77. The average molecular weight is 380 g/mol. The first-order valence-corrected chi connectivity index (χ1v) is 8.77. The molecule has 2 amide bonds. The van der Waals surface area contributed by atoms with E-state index in [0.29, 0.717) is 16.8 Å². The zero-order valence-corrected chi connectivity index (χ0v) is 15.5. The fourth-order valence-electron chi connectivity index (χ4n) is 2.67. The first kappa shape index (κ1) is 19.1. The Balaban J connectivity index is 1.81. The van der Waals surface area contributed by atoms with Crippen molar-refractivity contribution in [2.24, 2.45) is 0 Å². The van der Waals surface area contributed by atoms with Crippen LogP contribution in [0.4, 0.5) is 5.69 Å². The van der Waals surface area contributed by atoms with Crippen LogP contribution in [0.2, 0.25) is 0 Å². The fourth-order valence-corrected chi connectivity index (χ4v) is 2.67. The number of nitrogens with zero attached hydrogens (tertiary/aromatic N) is 2. The van der Waals surface area contributed by atoms with Crippen LogP contribution in [-0.4, -0.2) is 27.6 Å². The van der Waals surface area contributed by atoms with Crippen molar-refractivity contribution >= 4 is 17.5 Å². The molecule has 1 heterocycles. The lowest BCUT2D eigenvalue weighted by Gasteiger charge is -2.13. The summed E-state index contributed by atoms with van der Waals surface area (Å²) in [7, 11) is 0. The van der Waals surface area contributed by atoms with Crippen molar-refractivity contribution in [3.05, 3.63) is 70.7 Å². The quantitative estimate of drug-likeness (QED) is 0.682. The highest BCUT2D eigenvalue weighted by Crippen LogP contribution is 2.17. The van der Waals surface area contributed by atoms with Crippen molar-refractivity contribution in [2.45, 2.75) is 26.4 Å². The van der Waals surface area contributed by atoms with E-state index in [9.17, 15) is 14.4 Å². The number of hydrogen-bond acceptors (Lipinski definition) is 5. The monoisotopic (exact) mass is 380 g/mol. The van der Waals surface area contributed by atoms with Gasteiger partial charge >= 0.3 is 5.76 Å². The van der Waals surface area contributed by atoms with E-state index in [4.69, 9.17) is 4.52 Å². The number of carbonyl (C=O) groups is 2. The minimum atomic E-state index is -0.736. The zero-order chi connectivity index (χ0) is 20.1. The minimum absolute atomic E-state index is 0.0414. The highest BCUT2D eigenvalue weighted by Gasteiger charge is 2.18. The normalized spacial score (nSPS) is 10.7. The Labute approximate surface area is 161 Å². The lowest BCUT2D eigenvalue weighted by atomic mass is 10.1. The molecule has 0 radical (unpaired) electrons. The number of benzene rings is 2. The molecule has 0 bridgehead atoms. The molecule has 0 aliphatic heterocycles. The van der Waals surface area contributed by atoms with Crippen LogP contribution in [0.1, 0.15) is 24.2 Å². The minimum Gasteiger partial charge on any atom is -0.350 e. The van der Waals surface area contributed by atoms with Crippen LogP contribution in [0.25, 0.3) is 11.4 Å². The Morgan fingerprint density at radius 2 is 1.75 bits per heavy atom. The maximum Gasteiger partial charge on any atom is 0.442 e.